The molecule has 0 unspecified atom stereocenters. The molecule has 0 fully saturated rings. The molecule has 10 nitrogen and oxygen atoms in total. The summed E-state index contributed by atoms with van der Waals surface area (Å²) in [5, 5.41) is 0. The highest BCUT2D eigenvalue weighted by molar-refractivity contribution is 5.92. The quantitative estimate of drug-likeness (QED) is 0.173. The minimum atomic E-state index is -0.925. The second-order valence-electron chi connectivity index (χ2n) is 5.87. The average molecular weight is 374 g/mol. The topological polar surface area (TPSA) is 191 Å². The third kappa shape index (κ3) is 11.6. The number of ether oxygens (including phenoxy) is 2. The van der Waals surface area contributed by atoms with E-state index >= 15 is 0 Å². The molecule has 0 bridgehead atoms. The Labute approximate surface area is 152 Å². The minimum absolute atomic E-state index is 0.349. The van der Waals surface area contributed by atoms with E-state index in [0.717, 1.165) is 0 Å². The maximum absolute atomic E-state index is 11.6. The van der Waals surface area contributed by atoms with Gasteiger partial charge in [0, 0.05) is 0 Å². The molecule has 2 atom stereocenters. The third-order valence-electron chi connectivity index (χ3n) is 3.51. The SMILES string of the molecule is NCCCC[C@H](N)C(=O)OC(=O)CCC(=O)OC(=O)[C@@H](N)CCCCN. The van der Waals surface area contributed by atoms with E-state index in [9.17, 15) is 19.2 Å². The minimum Gasteiger partial charge on any atom is -0.392 e. The normalized spacial score (nSPS) is 12.9. The number of esters is 4. The smallest absolute Gasteiger partial charge is 0.330 e. The number of rotatable bonds is 13. The van der Waals surface area contributed by atoms with Crippen molar-refractivity contribution >= 4 is 23.9 Å². The number of carbonyl (C=O) groups excluding carboxylic acids is 4. The lowest BCUT2D eigenvalue weighted by Gasteiger charge is -2.11. The molecule has 0 aliphatic carbocycles. The number of hydrogen-bond donors (Lipinski definition) is 4. The molecule has 0 aromatic heterocycles. The second kappa shape index (κ2) is 14.3. The van der Waals surface area contributed by atoms with Crippen molar-refractivity contribution < 1.29 is 28.7 Å². The first-order valence-corrected chi connectivity index (χ1v) is 8.72. The first-order valence-electron chi connectivity index (χ1n) is 8.72. The lowest BCUT2D eigenvalue weighted by Crippen LogP contribution is -2.34. The summed E-state index contributed by atoms with van der Waals surface area (Å²) in [6.07, 6.45) is 2.59. The highest BCUT2D eigenvalue weighted by Gasteiger charge is 2.21. The summed E-state index contributed by atoms with van der Waals surface area (Å²) in [6, 6.07) is -1.85. The van der Waals surface area contributed by atoms with Crippen molar-refractivity contribution in [3.8, 4) is 0 Å². The van der Waals surface area contributed by atoms with Gasteiger partial charge in [-0.3, -0.25) is 9.59 Å². The summed E-state index contributed by atoms with van der Waals surface area (Å²) in [5.41, 5.74) is 21.8. The summed E-state index contributed by atoms with van der Waals surface area (Å²) in [7, 11) is 0. The number of nitrogens with two attached hydrogens (primary N) is 4. The van der Waals surface area contributed by atoms with E-state index in [1.165, 1.54) is 0 Å². The zero-order valence-electron chi connectivity index (χ0n) is 15.0. The van der Waals surface area contributed by atoms with Crippen LogP contribution in [-0.2, 0) is 28.7 Å². The molecule has 150 valence electrons. The van der Waals surface area contributed by atoms with Crippen LogP contribution in [0.3, 0.4) is 0 Å². The molecule has 0 saturated carbocycles. The Balaban J connectivity index is 4.04. The number of unbranched alkanes of at least 4 members (excludes halogenated alkanes) is 2. The molecule has 8 N–H and O–H groups in total. The molecule has 0 amide bonds. The van der Waals surface area contributed by atoms with Crippen LogP contribution in [0.25, 0.3) is 0 Å². The van der Waals surface area contributed by atoms with Crippen molar-refractivity contribution in [1.82, 2.24) is 0 Å². The summed E-state index contributed by atoms with van der Waals surface area (Å²) in [4.78, 5) is 46.3. The average Bonchev–Trinajstić information content (AvgIpc) is 2.60. The first-order chi connectivity index (χ1) is 12.3. The van der Waals surface area contributed by atoms with Crippen LogP contribution < -0.4 is 22.9 Å². The van der Waals surface area contributed by atoms with Crippen LogP contribution in [0.2, 0.25) is 0 Å². The summed E-state index contributed by atoms with van der Waals surface area (Å²) in [5.74, 6) is -3.56. The van der Waals surface area contributed by atoms with Gasteiger partial charge in [-0.1, -0.05) is 12.8 Å². The number of hydrogen-bond acceptors (Lipinski definition) is 10. The molecule has 0 aliphatic heterocycles. The van der Waals surface area contributed by atoms with Crippen molar-refractivity contribution in [2.24, 2.45) is 22.9 Å². The molecule has 0 aliphatic rings. The van der Waals surface area contributed by atoms with Gasteiger partial charge in [0.15, 0.2) is 0 Å². The van der Waals surface area contributed by atoms with E-state index in [-0.39, 0.29) is 0 Å². The van der Waals surface area contributed by atoms with E-state index in [0.29, 0.717) is 51.6 Å². The van der Waals surface area contributed by atoms with E-state index in [1.54, 1.807) is 0 Å². The zero-order chi connectivity index (χ0) is 19.9. The van der Waals surface area contributed by atoms with Gasteiger partial charge in [-0.05, 0) is 38.8 Å². The Morgan fingerprint density at radius 2 is 1.00 bits per heavy atom. The van der Waals surface area contributed by atoms with Crippen LogP contribution in [0, 0.1) is 0 Å². The van der Waals surface area contributed by atoms with Gasteiger partial charge in [0.25, 0.3) is 0 Å². The second-order valence-corrected chi connectivity index (χ2v) is 5.87. The van der Waals surface area contributed by atoms with E-state index < -0.39 is 48.8 Å². The maximum atomic E-state index is 11.6. The molecule has 0 spiro atoms. The standard InChI is InChI=1S/C16H30N4O6/c17-9-3-1-5-11(19)15(23)25-13(21)7-8-14(22)26-16(24)12(20)6-2-4-10-18/h11-12H,1-10,17-20H2/t11-,12-/m0/s1. The fraction of sp³-hybridized carbons (Fsp3) is 0.750. The van der Waals surface area contributed by atoms with Gasteiger partial charge >= 0.3 is 23.9 Å². The molecule has 10 heteroatoms. The van der Waals surface area contributed by atoms with Gasteiger partial charge in [0.2, 0.25) is 0 Å². The first kappa shape index (κ1) is 24.1. The van der Waals surface area contributed by atoms with Gasteiger partial charge in [-0.2, -0.15) is 0 Å². The molecule has 0 saturated heterocycles. The van der Waals surface area contributed by atoms with Gasteiger partial charge < -0.3 is 32.4 Å². The van der Waals surface area contributed by atoms with Gasteiger partial charge in [-0.25, -0.2) is 9.59 Å². The van der Waals surface area contributed by atoms with Crippen molar-refractivity contribution in [3.05, 3.63) is 0 Å². The summed E-state index contributed by atoms with van der Waals surface area (Å²) < 4.78 is 9.10. The van der Waals surface area contributed by atoms with Gasteiger partial charge in [0.05, 0.1) is 12.8 Å². The third-order valence-corrected chi connectivity index (χ3v) is 3.51. The fourth-order valence-electron chi connectivity index (χ4n) is 1.93. The zero-order valence-corrected chi connectivity index (χ0v) is 15.0. The molecule has 26 heavy (non-hydrogen) atoms. The summed E-state index contributed by atoms with van der Waals surface area (Å²) >= 11 is 0. The molecular formula is C16H30N4O6. The van der Waals surface area contributed by atoms with Gasteiger partial charge in [-0.15, -0.1) is 0 Å². The van der Waals surface area contributed by atoms with Crippen LogP contribution >= 0.6 is 0 Å². The van der Waals surface area contributed by atoms with Crippen molar-refractivity contribution in [3.63, 3.8) is 0 Å². The molecular weight excluding hydrogens is 344 g/mol. The Morgan fingerprint density at radius 1 is 0.654 bits per heavy atom. The van der Waals surface area contributed by atoms with Crippen LogP contribution in [-0.4, -0.2) is 49.1 Å². The largest absolute Gasteiger partial charge is 0.392 e. The predicted molar refractivity (Wildman–Crippen MR) is 93.2 cm³/mol. The Morgan fingerprint density at radius 3 is 1.31 bits per heavy atom. The van der Waals surface area contributed by atoms with Crippen molar-refractivity contribution in [1.29, 1.82) is 0 Å². The van der Waals surface area contributed by atoms with Crippen molar-refractivity contribution in [2.45, 2.75) is 63.5 Å². The van der Waals surface area contributed by atoms with E-state index in [2.05, 4.69) is 9.47 Å². The Bertz CT molecular complexity index is 430. The number of carbonyl (C=O) groups is 4. The van der Waals surface area contributed by atoms with Crippen LogP contribution in [0.1, 0.15) is 51.4 Å². The predicted octanol–water partition coefficient (Wildman–Crippen LogP) is -1.18. The Hall–Kier alpha value is -1.88. The van der Waals surface area contributed by atoms with Gasteiger partial charge in [0.1, 0.15) is 12.1 Å². The highest BCUT2D eigenvalue weighted by Crippen LogP contribution is 2.04. The van der Waals surface area contributed by atoms with E-state index in [4.69, 9.17) is 22.9 Å². The molecule has 0 aromatic rings. The van der Waals surface area contributed by atoms with Crippen LogP contribution in [0.15, 0.2) is 0 Å². The highest BCUT2D eigenvalue weighted by atomic mass is 16.6. The monoisotopic (exact) mass is 374 g/mol. The van der Waals surface area contributed by atoms with Crippen LogP contribution in [0.4, 0.5) is 0 Å². The van der Waals surface area contributed by atoms with Crippen LogP contribution in [0.5, 0.6) is 0 Å². The summed E-state index contributed by atoms with van der Waals surface area (Å²) in [6.45, 7) is 0.969. The molecule has 0 heterocycles. The maximum Gasteiger partial charge on any atom is 0.330 e. The fourth-order valence-corrected chi connectivity index (χ4v) is 1.93. The van der Waals surface area contributed by atoms with E-state index in [1.807, 2.05) is 0 Å². The molecule has 0 rings (SSSR count). The molecule has 0 aromatic carbocycles. The Kier molecular flexibility index (Phi) is 13.3. The molecule has 0 radical (unpaired) electrons. The lowest BCUT2D eigenvalue weighted by molar-refractivity contribution is -0.166. The lowest BCUT2D eigenvalue weighted by atomic mass is 10.1. The van der Waals surface area contributed by atoms with Crippen molar-refractivity contribution in [2.75, 3.05) is 13.1 Å².